The number of carbonyl (C=O) groups is 3. The molecule has 7 nitrogen and oxygen atoms in total. The van der Waals surface area contributed by atoms with E-state index in [1.807, 2.05) is 6.07 Å². The van der Waals surface area contributed by atoms with Gasteiger partial charge in [-0.25, -0.2) is 0 Å². The van der Waals surface area contributed by atoms with Crippen LogP contribution in [0.2, 0.25) is 0 Å². The van der Waals surface area contributed by atoms with Gasteiger partial charge in [-0.05, 0) is 49.9 Å². The Balaban J connectivity index is 0.00000243. The molecule has 1 aromatic rings. The number of nitrogens with one attached hydrogen (secondary N) is 2. The summed E-state index contributed by atoms with van der Waals surface area (Å²) >= 11 is 0. The van der Waals surface area contributed by atoms with Crippen LogP contribution < -0.4 is 10.6 Å². The molecule has 0 spiro atoms. The Morgan fingerprint density at radius 1 is 1.19 bits per heavy atom. The third-order valence-electron chi connectivity index (χ3n) is 4.59. The minimum Gasteiger partial charge on any atom is -0.480 e. The molecule has 3 rings (SSSR count). The van der Waals surface area contributed by atoms with E-state index in [2.05, 4.69) is 10.6 Å². The Morgan fingerprint density at radius 2 is 1.96 bits per heavy atom. The maximum atomic E-state index is 12.1. The summed E-state index contributed by atoms with van der Waals surface area (Å²) < 4.78 is 0. The number of carbonyl (C=O) groups excluding carboxylic acids is 2. The van der Waals surface area contributed by atoms with E-state index < -0.39 is 12.0 Å². The summed E-state index contributed by atoms with van der Waals surface area (Å²) in [6.45, 7) is 1.02. The number of hydrogen-bond acceptors (Lipinski definition) is 4. The molecular formula is C18H24ClN3O4. The largest absolute Gasteiger partial charge is 0.480 e. The summed E-state index contributed by atoms with van der Waals surface area (Å²) in [5, 5.41) is 14.9. The topological polar surface area (TPSA) is 98.7 Å². The van der Waals surface area contributed by atoms with Gasteiger partial charge in [0.2, 0.25) is 5.91 Å². The van der Waals surface area contributed by atoms with Gasteiger partial charge in [-0.2, -0.15) is 0 Å². The Morgan fingerprint density at radius 3 is 2.65 bits per heavy atom. The second kappa shape index (κ2) is 9.00. The van der Waals surface area contributed by atoms with Gasteiger partial charge in [-0.1, -0.05) is 12.1 Å². The smallest absolute Gasteiger partial charge is 0.320 e. The summed E-state index contributed by atoms with van der Waals surface area (Å²) in [5.74, 6) is -1.17. The number of carboxylic acid groups (broad SMARTS) is 1. The van der Waals surface area contributed by atoms with Crippen molar-refractivity contribution < 1.29 is 19.5 Å². The zero-order valence-corrected chi connectivity index (χ0v) is 15.3. The lowest BCUT2D eigenvalue weighted by Gasteiger charge is -2.20. The van der Waals surface area contributed by atoms with Crippen LogP contribution in [0.1, 0.15) is 41.6 Å². The number of nitrogens with zero attached hydrogens (tertiary/aromatic N) is 1. The van der Waals surface area contributed by atoms with Crippen molar-refractivity contribution in [2.24, 2.45) is 0 Å². The zero-order chi connectivity index (χ0) is 17.8. The summed E-state index contributed by atoms with van der Waals surface area (Å²) in [5.41, 5.74) is 1.43. The molecule has 2 aliphatic rings. The Kier molecular flexibility index (Phi) is 6.99. The number of carboxylic acids is 1. The van der Waals surface area contributed by atoms with E-state index in [0.717, 1.165) is 24.8 Å². The number of benzene rings is 1. The van der Waals surface area contributed by atoms with Crippen molar-refractivity contribution in [2.45, 2.75) is 44.3 Å². The normalized spacial score (nSPS) is 19.5. The summed E-state index contributed by atoms with van der Waals surface area (Å²) in [4.78, 5) is 37.0. The number of likely N-dealkylation sites (tertiary alicyclic amines) is 1. The molecule has 1 aliphatic carbocycles. The fourth-order valence-electron chi connectivity index (χ4n) is 3.05. The van der Waals surface area contributed by atoms with E-state index in [-0.39, 0.29) is 30.8 Å². The number of rotatable bonds is 7. The second-order valence-corrected chi connectivity index (χ2v) is 6.69. The molecule has 0 aromatic heterocycles. The van der Waals surface area contributed by atoms with Gasteiger partial charge in [0.15, 0.2) is 0 Å². The predicted molar refractivity (Wildman–Crippen MR) is 98.3 cm³/mol. The quantitative estimate of drug-likeness (QED) is 0.658. The number of halogens is 1. The lowest BCUT2D eigenvalue weighted by Crippen LogP contribution is -2.42. The zero-order valence-electron chi connectivity index (χ0n) is 14.4. The number of aliphatic carboxylic acids is 1. The van der Waals surface area contributed by atoms with Crippen molar-refractivity contribution in [3.05, 3.63) is 35.4 Å². The average Bonchev–Trinajstić information content (AvgIpc) is 3.28. The fraction of sp³-hybridized carbons (Fsp3) is 0.500. The highest BCUT2D eigenvalue weighted by Gasteiger charge is 2.31. The maximum Gasteiger partial charge on any atom is 0.320 e. The van der Waals surface area contributed by atoms with Gasteiger partial charge in [0.05, 0.1) is 6.54 Å². The minimum absolute atomic E-state index is 0. The van der Waals surface area contributed by atoms with Gasteiger partial charge >= 0.3 is 5.97 Å². The van der Waals surface area contributed by atoms with Gasteiger partial charge in [0, 0.05) is 18.2 Å². The highest BCUT2D eigenvalue weighted by atomic mass is 35.5. The lowest BCUT2D eigenvalue weighted by atomic mass is 10.1. The summed E-state index contributed by atoms with van der Waals surface area (Å²) in [6, 6.07) is 6.91. The van der Waals surface area contributed by atoms with E-state index in [0.29, 0.717) is 31.1 Å². The van der Waals surface area contributed by atoms with E-state index in [4.69, 9.17) is 5.11 Å². The van der Waals surface area contributed by atoms with Gasteiger partial charge in [0.1, 0.15) is 6.04 Å². The number of hydrogen-bond donors (Lipinski definition) is 3. The molecule has 1 unspecified atom stereocenters. The molecule has 3 N–H and O–H groups in total. The molecule has 0 radical (unpaired) electrons. The third-order valence-corrected chi connectivity index (χ3v) is 4.59. The van der Waals surface area contributed by atoms with Crippen LogP contribution in [-0.4, -0.2) is 53.0 Å². The van der Waals surface area contributed by atoms with E-state index in [9.17, 15) is 14.4 Å². The first kappa shape index (κ1) is 20.2. The lowest BCUT2D eigenvalue weighted by molar-refractivity contribution is -0.142. The second-order valence-electron chi connectivity index (χ2n) is 6.69. The van der Waals surface area contributed by atoms with Gasteiger partial charge < -0.3 is 15.7 Å². The third kappa shape index (κ3) is 5.44. The van der Waals surface area contributed by atoms with Crippen LogP contribution in [0.15, 0.2) is 24.3 Å². The van der Waals surface area contributed by atoms with Crippen molar-refractivity contribution >= 4 is 30.2 Å². The average molecular weight is 382 g/mol. The highest BCUT2D eigenvalue weighted by Crippen LogP contribution is 2.19. The SMILES string of the molecule is Cl.O=C(CN1CCCC1C(=O)O)NCc1cccc(C(=O)NC2CC2)c1. The molecule has 2 amide bonds. The van der Waals surface area contributed by atoms with Crippen LogP contribution in [0.3, 0.4) is 0 Å². The first-order valence-corrected chi connectivity index (χ1v) is 8.66. The van der Waals surface area contributed by atoms with Crippen molar-refractivity contribution in [2.75, 3.05) is 13.1 Å². The van der Waals surface area contributed by atoms with Crippen LogP contribution in [0.4, 0.5) is 0 Å². The monoisotopic (exact) mass is 381 g/mol. The van der Waals surface area contributed by atoms with Crippen molar-refractivity contribution in [1.82, 2.24) is 15.5 Å². The van der Waals surface area contributed by atoms with Crippen LogP contribution in [0.25, 0.3) is 0 Å². The van der Waals surface area contributed by atoms with E-state index in [1.54, 1.807) is 23.1 Å². The van der Waals surface area contributed by atoms with Gasteiger partial charge in [-0.3, -0.25) is 19.3 Å². The van der Waals surface area contributed by atoms with E-state index >= 15 is 0 Å². The highest BCUT2D eigenvalue weighted by molar-refractivity contribution is 5.94. The molecule has 1 heterocycles. The van der Waals surface area contributed by atoms with E-state index in [1.165, 1.54) is 0 Å². The predicted octanol–water partition coefficient (Wildman–Crippen LogP) is 1.17. The molecule has 1 saturated heterocycles. The fourth-order valence-corrected chi connectivity index (χ4v) is 3.05. The number of amides is 2. The molecule has 0 bridgehead atoms. The van der Waals surface area contributed by atoms with Crippen molar-refractivity contribution in [3.63, 3.8) is 0 Å². The summed E-state index contributed by atoms with van der Waals surface area (Å²) in [7, 11) is 0. The molecule has 1 aromatic carbocycles. The van der Waals surface area contributed by atoms with Crippen molar-refractivity contribution in [1.29, 1.82) is 0 Å². The van der Waals surface area contributed by atoms with Crippen LogP contribution in [-0.2, 0) is 16.1 Å². The molecule has 142 valence electrons. The standard InChI is InChI=1S/C18H23N3O4.ClH/c22-16(11-21-8-2-5-15(21)18(24)25)19-10-12-3-1-4-13(9-12)17(23)20-14-6-7-14;/h1,3-4,9,14-15H,2,5-8,10-11H2,(H,19,22)(H,20,23)(H,24,25);1H. The first-order chi connectivity index (χ1) is 12.0. The molecule has 8 heteroatoms. The first-order valence-electron chi connectivity index (χ1n) is 8.66. The molecule has 1 saturated carbocycles. The Labute approximate surface area is 158 Å². The maximum absolute atomic E-state index is 12.1. The molecule has 1 aliphatic heterocycles. The Bertz CT molecular complexity index is 678. The molecule has 2 fully saturated rings. The van der Waals surface area contributed by atoms with Crippen molar-refractivity contribution in [3.8, 4) is 0 Å². The molecule has 26 heavy (non-hydrogen) atoms. The summed E-state index contributed by atoms with van der Waals surface area (Å²) in [6.07, 6.45) is 3.45. The van der Waals surface area contributed by atoms with Crippen LogP contribution >= 0.6 is 12.4 Å². The van der Waals surface area contributed by atoms with Gasteiger partial charge in [0.25, 0.3) is 5.91 Å². The molecule has 1 atom stereocenters. The van der Waals surface area contributed by atoms with Gasteiger partial charge in [-0.15, -0.1) is 12.4 Å². The van der Waals surface area contributed by atoms with Crippen LogP contribution in [0.5, 0.6) is 0 Å². The Hall–Kier alpha value is -2.12. The molecular weight excluding hydrogens is 358 g/mol. The minimum atomic E-state index is -0.875. The van der Waals surface area contributed by atoms with Crippen LogP contribution in [0, 0.1) is 0 Å².